The summed E-state index contributed by atoms with van der Waals surface area (Å²) < 4.78 is 14.9. The van der Waals surface area contributed by atoms with E-state index in [0.29, 0.717) is 12.6 Å². The number of nitrogens with one attached hydrogen (secondary N) is 1. The summed E-state index contributed by atoms with van der Waals surface area (Å²) in [7, 11) is 0. The predicted octanol–water partition coefficient (Wildman–Crippen LogP) is 3.46. The summed E-state index contributed by atoms with van der Waals surface area (Å²) in [5.74, 6) is -0.198. The van der Waals surface area contributed by atoms with Crippen molar-refractivity contribution in [3.8, 4) is 0 Å². The van der Waals surface area contributed by atoms with Crippen LogP contribution in [0.2, 0.25) is 0 Å². The Hall–Kier alpha value is -1.43. The van der Waals surface area contributed by atoms with E-state index in [1.54, 1.807) is 0 Å². The van der Waals surface area contributed by atoms with Crippen LogP contribution in [0.3, 0.4) is 0 Å². The van der Waals surface area contributed by atoms with Crippen LogP contribution in [0, 0.1) is 5.82 Å². The number of halogens is 2. The molecule has 1 atom stereocenters. The van der Waals surface area contributed by atoms with Crippen molar-refractivity contribution in [1.29, 1.82) is 0 Å². The van der Waals surface area contributed by atoms with Gasteiger partial charge in [-0.05, 0) is 56.6 Å². The van der Waals surface area contributed by atoms with Gasteiger partial charge in [0.25, 0.3) is 0 Å². The van der Waals surface area contributed by atoms with E-state index in [4.69, 9.17) is 0 Å². The summed E-state index contributed by atoms with van der Waals surface area (Å²) in [4.78, 5) is 2.56. The first kappa shape index (κ1) is 19.9. The third kappa shape index (κ3) is 5.80. The molecule has 1 aliphatic heterocycles. The highest BCUT2D eigenvalue weighted by molar-refractivity contribution is 5.85. The second kappa shape index (κ2) is 9.90. The number of hydrogen-bond acceptors (Lipinski definition) is 3. The van der Waals surface area contributed by atoms with Crippen LogP contribution < -0.4 is 5.32 Å². The van der Waals surface area contributed by atoms with Gasteiger partial charge in [-0.3, -0.25) is 9.58 Å². The summed E-state index contributed by atoms with van der Waals surface area (Å²) >= 11 is 0. The zero-order valence-electron chi connectivity index (χ0n) is 14.8. The Morgan fingerprint density at radius 3 is 2.76 bits per heavy atom. The highest BCUT2D eigenvalue weighted by Crippen LogP contribution is 2.16. The zero-order chi connectivity index (χ0) is 16.8. The van der Waals surface area contributed by atoms with Crippen molar-refractivity contribution >= 4 is 12.4 Å². The number of aromatic nitrogens is 2. The molecule has 2 aromatic rings. The fraction of sp³-hybridized carbons (Fsp3) is 0.526. The molecule has 1 saturated heterocycles. The molecule has 0 saturated carbocycles. The molecule has 2 heterocycles. The SMILES string of the molecule is CCN(Cc1cnn(Cc2ccc(F)cc2)c1)C1CCCNCC1.Cl. The van der Waals surface area contributed by atoms with Crippen molar-refractivity contribution < 1.29 is 4.39 Å². The zero-order valence-corrected chi connectivity index (χ0v) is 15.6. The lowest BCUT2D eigenvalue weighted by atomic mass is 10.1. The molecule has 4 nitrogen and oxygen atoms in total. The molecule has 1 unspecified atom stereocenters. The van der Waals surface area contributed by atoms with Crippen LogP contribution in [0.1, 0.15) is 37.3 Å². The van der Waals surface area contributed by atoms with E-state index >= 15 is 0 Å². The first-order valence-electron chi connectivity index (χ1n) is 8.95. The lowest BCUT2D eigenvalue weighted by molar-refractivity contribution is 0.182. The number of hydrogen-bond donors (Lipinski definition) is 1. The molecule has 1 fully saturated rings. The van der Waals surface area contributed by atoms with Gasteiger partial charge in [0.1, 0.15) is 5.82 Å². The molecule has 1 N–H and O–H groups in total. The van der Waals surface area contributed by atoms with Crippen LogP contribution in [0.25, 0.3) is 0 Å². The molecule has 1 aromatic heterocycles. The van der Waals surface area contributed by atoms with Crippen LogP contribution in [-0.2, 0) is 13.1 Å². The van der Waals surface area contributed by atoms with Crippen molar-refractivity contribution in [2.75, 3.05) is 19.6 Å². The Bertz CT molecular complexity index is 621. The van der Waals surface area contributed by atoms with E-state index in [9.17, 15) is 4.39 Å². The normalized spacial score (nSPS) is 18.0. The third-order valence-corrected chi connectivity index (χ3v) is 4.80. The molecule has 0 amide bonds. The fourth-order valence-corrected chi connectivity index (χ4v) is 3.45. The predicted molar refractivity (Wildman–Crippen MR) is 102 cm³/mol. The first-order chi connectivity index (χ1) is 11.7. The van der Waals surface area contributed by atoms with Gasteiger partial charge < -0.3 is 5.32 Å². The van der Waals surface area contributed by atoms with Gasteiger partial charge in [-0.2, -0.15) is 5.10 Å². The first-order valence-corrected chi connectivity index (χ1v) is 8.95. The highest BCUT2D eigenvalue weighted by atomic mass is 35.5. The van der Waals surface area contributed by atoms with E-state index in [2.05, 4.69) is 28.4 Å². The minimum atomic E-state index is -0.198. The molecule has 138 valence electrons. The van der Waals surface area contributed by atoms with Crippen molar-refractivity contribution in [3.05, 3.63) is 53.6 Å². The minimum Gasteiger partial charge on any atom is -0.317 e. The molecule has 1 aliphatic rings. The molecule has 3 rings (SSSR count). The Labute approximate surface area is 155 Å². The van der Waals surface area contributed by atoms with Gasteiger partial charge in [-0.15, -0.1) is 12.4 Å². The van der Waals surface area contributed by atoms with Crippen LogP contribution >= 0.6 is 12.4 Å². The quantitative estimate of drug-likeness (QED) is 0.850. The molecule has 25 heavy (non-hydrogen) atoms. The average molecular weight is 367 g/mol. The lowest BCUT2D eigenvalue weighted by Crippen LogP contribution is -2.35. The Balaban J connectivity index is 0.00000225. The summed E-state index contributed by atoms with van der Waals surface area (Å²) in [5.41, 5.74) is 2.31. The summed E-state index contributed by atoms with van der Waals surface area (Å²) in [6.45, 7) is 7.19. The molecular weight excluding hydrogens is 339 g/mol. The van der Waals surface area contributed by atoms with Crippen LogP contribution in [0.15, 0.2) is 36.7 Å². The van der Waals surface area contributed by atoms with Gasteiger partial charge in [0.05, 0.1) is 12.7 Å². The van der Waals surface area contributed by atoms with Gasteiger partial charge in [0.15, 0.2) is 0 Å². The maximum Gasteiger partial charge on any atom is 0.123 e. The van der Waals surface area contributed by atoms with Crippen LogP contribution in [0.5, 0.6) is 0 Å². The molecule has 0 aliphatic carbocycles. The maximum absolute atomic E-state index is 13.0. The number of nitrogens with zero attached hydrogens (tertiary/aromatic N) is 3. The van der Waals surface area contributed by atoms with Gasteiger partial charge in [0, 0.05) is 24.3 Å². The topological polar surface area (TPSA) is 33.1 Å². The van der Waals surface area contributed by atoms with E-state index < -0.39 is 0 Å². The largest absolute Gasteiger partial charge is 0.317 e. The van der Waals surface area contributed by atoms with Gasteiger partial charge in [-0.25, -0.2) is 4.39 Å². The Kier molecular flexibility index (Phi) is 7.88. The van der Waals surface area contributed by atoms with E-state index in [-0.39, 0.29) is 18.2 Å². The van der Waals surface area contributed by atoms with Crippen LogP contribution in [0.4, 0.5) is 4.39 Å². The molecule has 0 radical (unpaired) electrons. The van der Waals surface area contributed by atoms with Crippen molar-refractivity contribution in [3.63, 3.8) is 0 Å². The maximum atomic E-state index is 13.0. The van der Waals surface area contributed by atoms with Crippen molar-refractivity contribution in [2.45, 2.75) is 45.3 Å². The van der Waals surface area contributed by atoms with E-state index in [1.165, 1.54) is 37.0 Å². The second-order valence-electron chi connectivity index (χ2n) is 6.57. The molecule has 1 aromatic carbocycles. The number of rotatable bonds is 6. The average Bonchev–Trinajstić information content (AvgIpc) is 2.85. The third-order valence-electron chi connectivity index (χ3n) is 4.80. The van der Waals surface area contributed by atoms with Crippen molar-refractivity contribution in [2.24, 2.45) is 0 Å². The second-order valence-corrected chi connectivity index (χ2v) is 6.57. The number of benzene rings is 1. The molecule has 0 spiro atoms. The van der Waals surface area contributed by atoms with Gasteiger partial charge in [0.2, 0.25) is 0 Å². The standard InChI is InChI=1S/C19H27FN4.ClH/c1-2-23(19-4-3-10-21-11-9-19)13-17-12-22-24(15-17)14-16-5-7-18(20)8-6-16;/h5-8,12,15,19,21H,2-4,9-11,13-14H2,1H3;1H. The Morgan fingerprint density at radius 1 is 1.20 bits per heavy atom. The molecule has 0 bridgehead atoms. The Morgan fingerprint density at radius 2 is 2.00 bits per heavy atom. The monoisotopic (exact) mass is 366 g/mol. The minimum absolute atomic E-state index is 0. The van der Waals surface area contributed by atoms with E-state index in [0.717, 1.165) is 31.7 Å². The van der Waals surface area contributed by atoms with Crippen molar-refractivity contribution in [1.82, 2.24) is 20.0 Å². The lowest BCUT2D eigenvalue weighted by Gasteiger charge is -2.29. The smallest absolute Gasteiger partial charge is 0.123 e. The van der Waals surface area contributed by atoms with E-state index in [1.807, 2.05) is 23.0 Å². The van der Waals surface area contributed by atoms with Gasteiger partial charge in [-0.1, -0.05) is 19.1 Å². The van der Waals surface area contributed by atoms with Gasteiger partial charge >= 0.3 is 0 Å². The highest BCUT2D eigenvalue weighted by Gasteiger charge is 2.19. The fourth-order valence-electron chi connectivity index (χ4n) is 3.45. The van der Waals surface area contributed by atoms with Crippen LogP contribution in [-0.4, -0.2) is 40.4 Å². The molecular formula is C19H28ClFN4. The summed E-state index contributed by atoms with van der Waals surface area (Å²) in [5, 5.41) is 7.95. The summed E-state index contributed by atoms with van der Waals surface area (Å²) in [6.07, 6.45) is 7.81. The molecule has 6 heteroatoms. The summed E-state index contributed by atoms with van der Waals surface area (Å²) in [6, 6.07) is 7.28.